The van der Waals surface area contributed by atoms with Crippen LogP contribution < -0.4 is 10.6 Å². The second-order valence-corrected chi connectivity index (χ2v) is 4.34. The molecule has 2 rings (SSSR count). The van der Waals surface area contributed by atoms with Gasteiger partial charge in [0.25, 0.3) is 5.91 Å². The van der Waals surface area contributed by atoms with E-state index in [4.69, 9.17) is 0 Å². The van der Waals surface area contributed by atoms with E-state index in [1.54, 1.807) is 0 Å². The number of halogens is 2. The zero-order valence-corrected chi connectivity index (χ0v) is 11.1. The molecule has 0 radical (unpaired) electrons. The standard InChI is InChI=1S/C15H12F2N2O2/c1-9(20)18-14-8-12(5-6-13(14)17)19-15(21)10-3-2-4-11(16)7-10/h2-8H,1H3,(H,18,20)(H,19,21). The summed E-state index contributed by atoms with van der Waals surface area (Å²) in [5, 5.41) is 4.81. The molecular weight excluding hydrogens is 278 g/mol. The van der Waals surface area contributed by atoms with E-state index in [2.05, 4.69) is 10.6 Å². The molecule has 0 aliphatic heterocycles. The molecule has 0 heterocycles. The number of hydrogen-bond donors (Lipinski definition) is 2. The molecule has 0 aliphatic carbocycles. The number of carbonyl (C=O) groups excluding carboxylic acids is 2. The maximum absolute atomic E-state index is 13.5. The first-order chi connectivity index (χ1) is 9.95. The van der Waals surface area contributed by atoms with E-state index in [9.17, 15) is 18.4 Å². The molecule has 0 atom stereocenters. The summed E-state index contributed by atoms with van der Waals surface area (Å²) in [6, 6.07) is 8.93. The molecule has 2 aromatic rings. The first kappa shape index (κ1) is 14.6. The van der Waals surface area contributed by atoms with E-state index in [-0.39, 0.29) is 16.9 Å². The monoisotopic (exact) mass is 290 g/mol. The topological polar surface area (TPSA) is 58.2 Å². The van der Waals surface area contributed by atoms with Gasteiger partial charge in [0.2, 0.25) is 5.91 Å². The number of nitrogens with one attached hydrogen (secondary N) is 2. The maximum atomic E-state index is 13.5. The Labute approximate surface area is 119 Å². The molecule has 4 nitrogen and oxygen atoms in total. The molecule has 21 heavy (non-hydrogen) atoms. The fourth-order valence-corrected chi connectivity index (χ4v) is 1.72. The van der Waals surface area contributed by atoms with Gasteiger partial charge >= 0.3 is 0 Å². The number of benzene rings is 2. The molecule has 0 saturated carbocycles. The van der Waals surface area contributed by atoms with Crippen molar-refractivity contribution < 1.29 is 18.4 Å². The van der Waals surface area contributed by atoms with Crippen molar-refractivity contribution in [3.8, 4) is 0 Å². The average Bonchev–Trinajstić information content (AvgIpc) is 2.42. The highest BCUT2D eigenvalue weighted by Gasteiger charge is 2.10. The number of rotatable bonds is 3. The lowest BCUT2D eigenvalue weighted by Crippen LogP contribution is -2.13. The van der Waals surface area contributed by atoms with E-state index in [1.807, 2.05) is 0 Å². The van der Waals surface area contributed by atoms with Gasteiger partial charge in [-0.2, -0.15) is 0 Å². The van der Waals surface area contributed by atoms with Crippen molar-refractivity contribution in [3.63, 3.8) is 0 Å². The van der Waals surface area contributed by atoms with Gasteiger partial charge in [-0.1, -0.05) is 6.07 Å². The minimum Gasteiger partial charge on any atom is -0.324 e. The zero-order valence-electron chi connectivity index (χ0n) is 11.1. The Hall–Kier alpha value is -2.76. The van der Waals surface area contributed by atoms with Crippen molar-refractivity contribution in [2.45, 2.75) is 6.92 Å². The summed E-state index contributed by atoms with van der Waals surface area (Å²) in [6.45, 7) is 1.25. The van der Waals surface area contributed by atoms with Crippen LogP contribution in [0.25, 0.3) is 0 Å². The molecule has 0 saturated heterocycles. The van der Waals surface area contributed by atoms with Gasteiger partial charge in [-0.15, -0.1) is 0 Å². The lowest BCUT2D eigenvalue weighted by atomic mass is 10.2. The van der Waals surface area contributed by atoms with Crippen molar-refractivity contribution in [3.05, 3.63) is 59.7 Å². The van der Waals surface area contributed by atoms with Crippen LogP contribution in [0.5, 0.6) is 0 Å². The van der Waals surface area contributed by atoms with Gasteiger partial charge in [0, 0.05) is 18.2 Å². The number of hydrogen-bond acceptors (Lipinski definition) is 2. The summed E-state index contributed by atoms with van der Waals surface area (Å²) < 4.78 is 26.5. The highest BCUT2D eigenvalue weighted by atomic mass is 19.1. The number of carbonyl (C=O) groups is 2. The third kappa shape index (κ3) is 3.85. The lowest BCUT2D eigenvalue weighted by molar-refractivity contribution is -0.114. The fraction of sp³-hybridized carbons (Fsp3) is 0.0667. The first-order valence-electron chi connectivity index (χ1n) is 6.10. The summed E-state index contributed by atoms with van der Waals surface area (Å²) in [5.74, 6) is -2.10. The summed E-state index contributed by atoms with van der Waals surface area (Å²) in [7, 11) is 0. The third-order valence-corrected chi connectivity index (χ3v) is 2.62. The van der Waals surface area contributed by atoms with Crippen molar-refractivity contribution in [1.29, 1.82) is 0 Å². The molecule has 108 valence electrons. The molecule has 2 N–H and O–H groups in total. The van der Waals surface area contributed by atoms with Crippen LogP contribution in [0.15, 0.2) is 42.5 Å². The Morgan fingerprint density at radius 1 is 1.00 bits per heavy atom. The summed E-state index contributed by atoms with van der Waals surface area (Å²) in [5.41, 5.74) is 0.384. The summed E-state index contributed by atoms with van der Waals surface area (Å²) >= 11 is 0. The van der Waals surface area contributed by atoms with Gasteiger partial charge in [-0.05, 0) is 36.4 Å². The SMILES string of the molecule is CC(=O)Nc1cc(NC(=O)c2cccc(F)c2)ccc1F. The van der Waals surface area contributed by atoms with Gasteiger partial charge in [-0.3, -0.25) is 9.59 Å². The second-order valence-electron chi connectivity index (χ2n) is 4.34. The fourth-order valence-electron chi connectivity index (χ4n) is 1.72. The number of amides is 2. The van der Waals surface area contributed by atoms with Crippen LogP contribution in [0.4, 0.5) is 20.2 Å². The van der Waals surface area contributed by atoms with Gasteiger partial charge < -0.3 is 10.6 Å². The summed E-state index contributed by atoms with van der Waals surface area (Å²) in [4.78, 5) is 22.9. The minimum atomic E-state index is -0.617. The third-order valence-electron chi connectivity index (χ3n) is 2.62. The van der Waals surface area contributed by atoms with E-state index >= 15 is 0 Å². The van der Waals surface area contributed by atoms with Crippen LogP contribution in [0.1, 0.15) is 17.3 Å². The molecular formula is C15H12F2N2O2. The predicted octanol–water partition coefficient (Wildman–Crippen LogP) is 3.18. The van der Waals surface area contributed by atoms with Crippen LogP contribution >= 0.6 is 0 Å². The molecule has 2 amide bonds. The average molecular weight is 290 g/mol. The van der Waals surface area contributed by atoms with Crippen LogP contribution in [-0.2, 0) is 4.79 Å². The Morgan fingerprint density at radius 2 is 1.76 bits per heavy atom. The predicted molar refractivity (Wildman–Crippen MR) is 75.1 cm³/mol. The molecule has 0 bridgehead atoms. The van der Waals surface area contributed by atoms with Crippen LogP contribution in [0.2, 0.25) is 0 Å². The van der Waals surface area contributed by atoms with Crippen molar-refractivity contribution in [2.75, 3.05) is 10.6 Å². The molecule has 6 heteroatoms. The van der Waals surface area contributed by atoms with Crippen molar-refractivity contribution in [2.24, 2.45) is 0 Å². The zero-order chi connectivity index (χ0) is 15.4. The van der Waals surface area contributed by atoms with E-state index < -0.39 is 23.4 Å². The van der Waals surface area contributed by atoms with E-state index in [1.165, 1.54) is 37.3 Å². The second kappa shape index (κ2) is 6.13. The Kier molecular flexibility index (Phi) is 4.27. The highest BCUT2D eigenvalue weighted by Crippen LogP contribution is 2.20. The maximum Gasteiger partial charge on any atom is 0.255 e. The van der Waals surface area contributed by atoms with Gasteiger partial charge in [0.1, 0.15) is 11.6 Å². The normalized spacial score (nSPS) is 10.0. The highest BCUT2D eigenvalue weighted by molar-refractivity contribution is 6.04. The van der Waals surface area contributed by atoms with E-state index in [0.29, 0.717) is 0 Å². The Balaban J connectivity index is 2.19. The van der Waals surface area contributed by atoms with Gasteiger partial charge in [0.05, 0.1) is 5.69 Å². The first-order valence-corrected chi connectivity index (χ1v) is 6.10. The van der Waals surface area contributed by atoms with Crippen molar-refractivity contribution >= 4 is 23.2 Å². The minimum absolute atomic E-state index is 0.0421. The largest absolute Gasteiger partial charge is 0.324 e. The molecule has 0 aliphatic rings. The molecule has 0 unspecified atom stereocenters. The Morgan fingerprint density at radius 3 is 2.43 bits per heavy atom. The van der Waals surface area contributed by atoms with E-state index in [0.717, 1.165) is 12.1 Å². The molecule has 0 fully saturated rings. The van der Waals surface area contributed by atoms with Crippen molar-refractivity contribution in [1.82, 2.24) is 0 Å². The smallest absolute Gasteiger partial charge is 0.255 e. The van der Waals surface area contributed by atoms with Crippen LogP contribution in [-0.4, -0.2) is 11.8 Å². The van der Waals surface area contributed by atoms with Gasteiger partial charge in [0.15, 0.2) is 0 Å². The Bertz CT molecular complexity index is 702. The quantitative estimate of drug-likeness (QED) is 0.912. The molecule has 2 aromatic carbocycles. The van der Waals surface area contributed by atoms with Crippen LogP contribution in [0.3, 0.4) is 0 Å². The lowest BCUT2D eigenvalue weighted by Gasteiger charge is -2.09. The summed E-state index contributed by atoms with van der Waals surface area (Å²) in [6.07, 6.45) is 0. The van der Waals surface area contributed by atoms with Crippen LogP contribution in [0, 0.1) is 11.6 Å². The molecule has 0 aromatic heterocycles. The number of anilines is 2. The molecule has 0 spiro atoms. The van der Waals surface area contributed by atoms with Gasteiger partial charge in [-0.25, -0.2) is 8.78 Å².